The smallest absolute Gasteiger partial charge is 0.130 e. The molecule has 6 heteroatoms. The molecule has 0 saturated carbocycles. The van der Waals surface area contributed by atoms with Crippen molar-refractivity contribution in [3.05, 3.63) is 32.5 Å². The number of aryl methyl sites for hydroxylation is 3. The molecule has 0 fully saturated rings. The predicted octanol–water partition coefficient (Wildman–Crippen LogP) is 2.26. The minimum atomic E-state index is 0.0240. The first-order chi connectivity index (χ1) is 8.47. The Kier molecular flexibility index (Phi) is 4.04. The molecule has 0 bridgehead atoms. The van der Waals surface area contributed by atoms with Gasteiger partial charge in [0.1, 0.15) is 5.15 Å². The Morgan fingerprint density at radius 2 is 2.17 bits per heavy atom. The normalized spacial score (nSPS) is 12.9. The van der Waals surface area contributed by atoms with Crippen molar-refractivity contribution in [3.63, 3.8) is 0 Å². The van der Waals surface area contributed by atoms with Crippen LogP contribution in [0.15, 0.2) is 5.38 Å². The van der Waals surface area contributed by atoms with Gasteiger partial charge in [-0.15, -0.1) is 11.3 Å². The van der Waals surface area contributed by atoms with Crippen LogP contribution in [-0.4, -0.2) is 20.8 Å². The van der Waals surface area contributed by atoms with Crippen molar-refractivity contribution in [3.8, 4) is 0 Å². The summed E-state index contributed by atoms with van der Waals surface area (Å²) < 4.78 is 1.69. The first-order valence-electron chi connectivity index (χ1n) is 5.82. The van der Waals surface area contributed by atoms with Crippen LogP contribution in [-0.2, 0) is 19.9 Å². The van der Waals surface area contributed by atoms with Crippen LogP contribution in [0.3, 0.4) is 0 Å². The number of aromatic nitrogens is 3. The van der Waals surface area contributed by atoms with Crippen molar-refractivity contribution in [1.82, 2.24) is 14.8 Å². The molecule has 0 amide bonds. The third-order valence-electron chi connectivity index (χ3n) is 2.84. The molecule has 2 N–H and O–H groups in total. The Morgan fingerprint density at radius 1 is 1.44 bits per heavy atom. The van der Waals surface area contributed by atoms with Crippen molar-refractivity contribution in [1.29, 1.82) is 0 Å². The van der Waals surface area contributed by atoms with E-state index in [9.17, 15) is 0 Å². The number of halogens is 1. The van der Waals surface area contributed by atoms with E-state index in [0.29, 0.717) is 5.15 Å². The third kappa shape index (κ3) is 2.91. The third-order valence-corrected chi connectivity index (χ3v) is 4.30. The molecule has 0 saturated heterocycles. The molecule has 0 aliphatic carbocycles. The first-order valence-corrected chi connectivity index (χ1v) is 7.07. The zero-order valence-electron chi connectivity index (χ0n) is 10.8. The van der Waals surface area contributed by atoms with E-state index in [-0.39, 0.29) is 6.04 Å². The lowest BCUT2D eigenvalue weighted by Crippen LogP contribution is -2.25. The van der Waals surface area contributed by atoms with E-state index in [1.807, 2.05) is 26.3 Å². The molecule has 2 aromatic rings. The molecular weight excluding hydrogens is 268 g/mol. The molecular formula is C12H17ClN4S. The van der Waals surface area contributed by atoms with E-state index in [2.05, 4.69) is 10.1 Å². The maximum Gasteiger partial charge on any atom is 0.130 e. The summed E-state index contributed by atoms with van der Waals surface area (Å²) in [4.78, 5) is 4.43. The molecule has 2 aromatic heterocycles. The number of hydrogen-bond donors (Lipinski definition) is 1. The minimum absolute atomic E-state index is 0.0240. The van der Waals surface area contributed by atoms with Gasteiger partial charge in [-0.05, 0) is 20.3 Å². The molecule has 0 radical (unpaired) electrons. The summed E-state index contributed by atoms with van der Waals surface area (Å²) >= 11 is 7.85. The topological polar surface area (TPSA) is 56.7 Å². The molecule has 2 rings (SSSR count). The molecule has 2 heterocycles. The molecule has 1 unspecified atom stereocenters. The van der Waals surface area contributed by atoms with Crippen LogP contribution in [0.25, 0.3) is 0 Å². The van der Waals surface area contributed by atoms with Gasteiger partial charge in [0.15, 0.2) is 0 Å². The molecule has 0 aliphatic heterocycles. The van der Waals surface area contributed by atoms with Gasteiger partial charge in [0.2, 0.25) is 0 Å². The monoisotopic (exact) mass is 284 g/mol. The van der Waals surface area contributed by atoms with Crippen molar-refractivity contribution >= 4 is 22.9 Å². The average Bonchev–Trinajstić information content (AvgIpc) is 2.78. The van der Waals surface area contributed by atoms with Crippen LogP contribution >= 0.6 is 22.9 Å². The fourth-order valence-corrected chi connectivity index (χ4v) is 3.08. The largest absolute Gasteiger partial charge is 0.327 e. The van der Waals surface area contributed by atoms with Gasteiger partial charge in [-0.2, -0.15) is 5.10 Å². The van der Waals surface area contributed by atoms with Crippen LogP contribution < -0.4 is 5.73 Å². The van der Waals surface area contributed by atoms with E-state index in [0.717, 1.165) is 34.8 Å². The lowest BCUT2D eigenvalue weighted by atomic mass is 10.1. The van der Waals surface area contributed by atoms with E-state index < -0.39 is 0 Å². The summed E-state index contributed by atoms with van der Waals surface area (Å²) in [6.45, 7) is 3.95. The maximum absolute atomic E-state index is 6.20. The van der Waals surface area contributed by atoms with Gasteiger partial charge in [0, 0.05) is 36.1 Å². The summed E-state index contributed by atoms with van der Waals surface area (Å²) in [5, 5.41) is 8.10. The van der Waals surface area contributed by atoms with Gasteiger partial charge in [0.05, 0.1) is 10.7 Å². The SMILES string of the molecule is Cc1csc(CC(N)Cc2c(C)nn(C)c2Cl)n1. The van der Waals surface area contributed by atoms with Crippen LogP contribution in [0.4, 0.5) is 0 Å². The number of nitrogens with two attached hydrogens (primary N) is 1. The number of hydrogen-bond acceptors (Lipinski definition) is 4. The summed E-state index contributed by atoms with van der Waals surface area (Å²) in [5.74, 6) is 0. The summed E-state index contributed by atoms with van der Waals surface area (Å²) in [5.41, 5.74) is 9.21. The van der Waals surface area contributed by atoms with Crippen molar-refractivity contribution in [2.45, 2.75) is 32.7 Å². The quantitative estimate of drug-likeness (QED) is 0.937. The molecule has 0 aromatic carbocycles. The first kappa shape index (κ1) is 13.5. The van der Waals surface area contributed by atoms with Crippen LogP contribution in [0.5, 0.6) is 0 Å². The van der Waals surface area contributed by atoms with Crippen molar-refractivity contribution in [2.24, 2.45) is 12.8 Å². The van der Waals surface area contributed by atoms with Gasteiger partial charge in [-0.3, -0.25) is 4.68 Å². The Bertz CT molecular complexity index is 546. The van der Waals surface area contributed by atoms with Gasteiger partial charge in [-0.25, -0.2) is 4.98 Å². The zero-order valence-corrected chi connectivity index (χ0v) is 12.3. The van der Waals surface area contributed by atoms with E-state index in [4.69, 9.17) is 17.3 Å². The fourth-order valence-electron chi connectivity index (χ4n) is 1.96. The highest BCUT2D eigenvalue weighted by atomic mass is 35.5. The predicted molar refractivity (Wildman–Crippen MR) is 75.2 cm³/mol. The van der Waals surface area contributed by atoms with E-state index >= 15 is 0 Å². The van der Waals surface area contributed by atoms with E-state index in [1.54, 1.807) is 16.0 Å². The summed E-state index contributed by atoms with van der Waals surface area (Å²) in [7, 11) is 1.84. The van der Waals surface area contributed by atoms with Gasteiger partial charge < -0.3 is 5.73 Å². The number of thiazole rings is 1. The average molecular weight is 285 g/mol. The molecule has 4 nitrogen and oxygen atoms in total. The molecule has 0 spiro atoms. The lowest BCUT2D eigenvalue weighted by molar-refractivity contribution is 0.659. The van der Waals surface area contributed by atoms with E-state index in [1.165, 1.54) is 0 Å². The Labute approximate surface area is 116 Å². The zero-order chi connectivity index (χ0) is 13.3. The summed E-state index contributed by atoms with van der Waals surface area (Å²) in [6, 6.07) is 0.0240. The highest BCUT2D eigenvalue weighted by Crippen LogP contribution is 2.21. The second-order valence-corrected chi connectivity index (χ2v) is 5.83. The highest BCUT2D eigenvalue weighted by molar-refractivity contribution is 7.09. The van der Waals surface area contributed by atoms with Gasteiger partial charge in [-0.1, -0.05) is 11.6 Å². The second kappa shape index (κ2) is 5.38. The number of rotatable bonds is 4. The molecule has 1 atom stereocenters. The second-order valence-electron chi connectivity index (χ2n) is 4.53. The van der Waals surface area contributed by atoms with Gasteiger partial charge in [0.25, 0.3) is 0 Å². The summed E-state index contributed by atoms with van der Waals surface area (Å²) in [6.07, 6.45) is 1.51. The maximum atomic E-state index is 6.20. The molecule has 0 aliphatic rings. The van der Waals surface area contributed by atoms with Crippen molar-refractivity contribution < 1.29 is 0 Å². The minimum Gasteiger partial charge on any atom is -0.327 e. The van der Waals surface area contributed by atoms with Gasteiger partial charge >= 0.3 is 0 Å². The Hall–Kier alpha value is -0.910. The van der Waals surface area contributed by atoms with Crippen molar-refractivity contribution in [2.75, 3.05) is 0 Å². The molecule has 98 valence electrons. The standard InChI is InChI=1S/C12H17ClN4S/c1-7-6-18-11(15-7)5-9(14)4-10-8(2)16-17(3)12(10)13/h6,9H,4-5,14H2,1-3H3. The number of nitrogens with zero attached hydrogens (tertiary/aromatic N) is 3. The fraction of sp³-hybridized carbons (Fsp3) is 0.500. The highest BCUT2D eigenvalue weighted by Gasteiger charge is 2.15. The van der Waals surface area contributed by atoms with Crippen LogP contribution in [0.1, 0.15) is 22.0 Å². The van der Waals surface area contributed by atoms with Crippen LogP contribution in [0.2, 0.25) is 5.15 Å². The Morgan fingerprint density at radius 3 is 2.67 bits per heavy atom. The Balaban J connectivity index is 2.05. The lowest BCUT2D eigenvalue weighted by Gasteiger charge is -2.09. The van der Waals surface area contributed by atoms with Crippen LogP contribution in [0, 0.1) is 13.8 Å². The molecule has 18 heavy (non-hydrogen) atoms.